The van der Waals surface area contributed by atoms with Crippen molar-refractivity contribution < 1.29 is 9.30 Å². The van der Waals surface area contributed by atoms with E-state index in [1.54, 1.807) is 0 Å². The van der Waals surface area contributed by atoms with Crippen LogP contribution in [0, 0.1) is 6.33 Å². The highest BCUT2D eigenvalue weighted by atomic mass is 16.5. The molecule has 0 atom stereocenters. The number of benzene rings is 4. The van der Waals surface area contributed by atoms with E-state index in [0.29, 0.717) is 0 Å². The summed E-state index contributed by atoms with van der Waals surface area (Å²) in [5.74, 6) is 3.28. The van der Waals surface area contributed by atoms with Crippen LogP contribution in [0.15, 0.2) is 103 Å². The molecule has 7 aromatic rings. The van der Waals surface area contributed by atoms with E-state index in [4.69, 9.17) is 14.8 Å². The molecule has 3 aromatic heterocycles. The lowest BCUT2D eigenvalue weighted by molar-refractivity contribution is -0.613. The molecule has 0 bridgehead atoms. The predicted molar refractivity (Wildman–Crippen MR) is 217 cm³/mol. The fourth-order valence-electron chi connectivity index (χ4n) is 6.77. The van der Waals surface area contributed by atoms with Crippen molar-refractivity contribution in [2.75, 3.05) is 0 Å². The van der Waals surface area contributed by atoms with Gasteiger partial charge < -0.3 is 9.30 Å². The number of fused-ring (bicyclic) bond motifs is 3. The molecule has 4 aromatic carbocycles. The third-order valence-corrected chi connectivity index (χ3v) is 9.96. The van der Waals surface area contributed by atoms with E-state index >= 15 is 0 Å². The Bertz CT molecular complexity index is 2440. The van der Waals surface area contributed by atoms with Gasteiger partial charge in [0.25, 0.3) is 0 Å². The lowest BCUT2D eigenvalue weighted by Crippen LogP contribution is -2.40. The topological polar surface area (TPSA) is 48.8 Å². The summed E-state index contributed by atoms with van der Waals surface area (Å²) in [6.07, 6.45) is 5.52. The van der Waals surface area contributed by atoms with Crippen LogP contribution >= 0.6 is 0 Å². The average Bonchev–Trinajstić information content (AvgIpc) is 3.68. The van der Waals surface area contributed by atoms with Crippen molar-refractivity contribution in [2.24, 2.45) is 0 Å². The molecule has 0 radical (unpaired) electrons. The van der Waals surface area contributed by atoms with Gasteiger partial charge in [0, 0.05) is 34.1 Å². The number of para-hydroxylation sites is 1. The van der Waals surface area contributed by atoms with Crippen molar-refractivity contribution in [3.8, 4) is 28.7 Å². The highest BCUT2D eigenvalue weighted by Gasteiger charge is 2.28. The Labute approximate surface area is 315 Å². The lowest BCUT2D eigenvalue weighted by Gasteiger charge is -2.27. The van der Waals surface area contributed by atoms with E-state index in [1.165, 1.54) is 22.1 Å². The maximum Gasteiger partial charge on any atom is 0.212 e. The standard InChI is InChI=1S/C47H53N5O/c1-44(2,3)31-22-23-48-42(27-31)52-40-19-14-13-18-38(40)39-21-20-37(29-41(39)52)53-36-17-15-16-34(28-36)51-30-50(43(49-51)47(10,11)12)35-25-32(45(4,5)6)24-33(26-35)46(7,8)9/h13-29H,1-12H3. The Morgan fingerprint density at radius 2 is 1.21 bits per heavy atom. The van der Waals surface area contributed by atoms with Crippen LogP contribution in [0.2, 0.25) is 0 Å². The monoisotopic (exact) mass is 703 g/mol. The third-order valence-electron chi connectivity index (χ3n) is 9.96. The Kier molecular flexibility index (Phi) is 8.67. The van der Waals surface area contributed by atoms with E-state index in [0.717, 1.165) is 50.9 Å². The summed E-state index contributed by atoms with van der Waals surface area (Å²) in [6, 6.07) is 34.1. The molecule has 0 fully saturated rings. The normalized spacial score (nSPS) is 12.9. The zero-order valence-electron chi connectivity index (χ0n) is 33.5. The summed E-state index contributed by atoms with van der Waals surface area (Å²) in [5.41, 5.74) is 7.66. The second kappa shape index (κ2) is 12.7. The molecule has 0 aliphatic heterocycles. The molecule has 0 saturated carbocycles. The van der Waals surface area contributed by atoms with Gasteiger partial charge in [-0.2, -0.15) is 4.68 Å². The molecular formula is C47H53N5O. The molecule has 53 heavy (non-hydrogen) atoms. The highest BCUT2D eigenvalue weighted by molar-refractivity contribution is 6.09. The molecule has 6 heteroatoms. The van der Waals surface area contributed by atoms with Crippen molar-refractivity contribution in [3.05, 3.63) is 132 Å². The molecule has 0 aliphatic rings. The summed E-state index contributed by atoms with van der Waals surface area (Å²) < 4.78 is 12.8. The largest absolute Gasteiger partial charge is 0.458 e. The lowest BCUT2D eigenvalue weighted by atomic mass is 9.80. The Morgan fingerprint density at radius 3 is 1.87 bits per heavy atom. The number of aromatic nitrogens is 5. The van der Waals surface area contributed by atoms with Gasteiger partial charge in [0.1, 0.15) is 17.3 Å². The van der Waals surface area contributed by atoms with E-state index in [9.17, 15) is 0 Å². The van der Waals surface area contributed by atoms with E-state index in [-0.39, 0.29) is 21.7 Å². The summed E-state index contributed by atoms with van der Waals surface area (Å²) in [4.78, 5) is 4.84. The summed E-state index contributed by atoms with van der Waals surface area (Å²) in [5, 5.41) is 7.49. The molecule has 272 valence electrons. The average molecular weight is 704 g/mol. The molecular weight excluding hydrogens is 651 g/mol. The zero-order chi connectivity index (χ0) is 38.1. The quantitative estimate of drug-likeness (QED) is 0.132. The van der Waals surface area contributed by atoms with Crippen LogP contribution in [0.1, 0.15) is 106 Å². The first-order valence-electron chi connectivity index (χ1n) is 18.7. The predicted octanol–water partition coefficient (Wildman–Crippen LogP) is 11.4. The Morgan fingerprint density at radius 1 is 0.566 bits per heavy atom. The fraction of sp³-hybridized carbons (Fsp3) is 0.340. The first-order valence-corrected chi connectivity index (χ1v) is 18.7. The molecule has 0 saturated heterocycles. The Balaban J connectivity index is 1.29. The second-order valence-corrected chi connectivity index (χ2v) is 18.5. The molecule has 6 nitrogen and oxygen atoms in total. The van der Waals surface area contributed by atoms with E-state index < -0.39 is 0 Å². The summed E-state index contributed by atoms with van der Waals surface area (Å²) in [7, 11) is 0. The van der Waals surface area contributed by atoms with Crippen LogP contribution in [-0.2, 0) is 21.7 Å². The van der Waals surface area contributed by atoms with Gasteiger partial charge >= 0.3 is 0 Å². The van der Waals surface area contributed by atoms with Crippen molar-refractivity contribution >= 4 is 21.8 Å². The maximum atomic E-state index is 6.61. The first kappa shape index (κ1) is 36.1. The number of rotatable bonds is 5. The number of hydrogen-bond acceptors (Lipinski definition) is 3. The number of ether oxygens (including phenoxy) is 1. The Hall–Kier alpha value is -5.23. The van der Waals surface area contributed by atoms with Crippen LogP contribution < -0.4 is 9.30 Å². The molecule has 0 aliphatic carbocycles. The van der Waals surface area contributed by atoms with Gasteiger partial charge in [-0.15, -0.1) is 0 Å². The van der Waals surface area contributed by atoms with E-state index in [2.05, 4.69) is 165 Å². The van der Waals surface area contributed by atoms with Gasteiger partial charge in [-0.25, -0.2) is 4.98 Å². The fourth-order valence-corrected chi connectivity index (χ4v) is 6.77. The van der Waals surface area contributed by atoms with Gasteiger partial charge in [-0.05, 0) is 80.5 Å². The van der Waals surface area contributed by atoms with Crippen molar-refractivity contribution in [1.29, 1.82) is 0 Å². The van der Waals surface area contributed by atoms with Gasteiger partial charge in [0.05, 0.1) is 16.7 Å². The van der Waals surface area contributed by atoms with Crippen molar-refractivity contribution in [3.63, 3.8) is 0 Å². The molecule has 0 amide bonds. The van der Waals surface area contributed by atoms with Gasteiger partial charge in [-0.1, -0.05) is 132 Å². The van der Waals surface area contributed by atoms with Crippen molar-refractivity contribution in [1.82, 2.24) is 19.3 Å². The SMILES string of the molecule is CC(C)(C)c1cc(-[n+]2[c-]n(-c3cccc(Oc4ccc5c6ccccc6n(-c6cc(C(C)(C)C)ccn6)c5c4)c3)nc2C(C)(C)C)cc(C(C)(C)C)c1. The zero-order valence-corrected chi connectivity index (χ0v) is 33.5. The highest BCUT2D eigenvalue weighted by Crippen LogP contribution is 2.36. The first-order chi connectivity index (χ1) is 24.8. The third kappa shape index (κ3) is 7.12. The summed E-state index contributed by atoms with van der Waals surface area (Å²) >= 11 is 0. The number of hydrogen-bond donors (Lipinski definition) is 0. The second-order valence-electron chi connectivity index (χ2n) is 18.5. The van der Waals surface area contributed by atoms with Gasteiger partial charge in [0.15, 0.2) is 0 Å². The van der Waals surface area contributed by atoms with Crippen LogP contribution in [0.4, 0.5) is 0 Å². The van der Waals surface area contributed by atoms with Gasteiger partial charge in [-0.3, -0.25) is 4.57 Å². The van der Waals surface area contributed by atoms with Crippen molar-refractivity contribution in [2.45, 2.75) is 105 Å². The van der Waals surface area contributed by atoms with E-state index in [1.807, 2.05) is 41.2 Å². The maximum absolute atomic E-state index is 6.61. The summed E-state index contributed by atoms with van der Waals surface area (Å²) in [6.45, 7) is 26.9. The molecule has 0 spiro atoms. The number of nitrogens with zero attached hydrogens (tertiary/aromatic N) is 5. The minimum absolute atomic E-state index is 0.000485. The minimum Gasteiger partial charge on any atom is -0.458 e. The van der Waals surface area contributed by atoms with Gasteiger partial charge in [0.2, 0.25) is 12.2 Å². The smallest absolute Gasteiger partial charge is 0.212 e. The molecule has 3 heterocycles. The molecule has 0 unspecified atom stereocenters. The number of pyridine rings is 1. The van der Waals surface area contributed by atoms with Crippen LogP contribution in [0.3, 0.4) is 0 Å². The molecule has 7 rings (SSSR count). The van der Waals surface area contributed by atoms with Crippen LogP contribution in [0.25, 0.3) is 39.0 Å². The minimum atomic E-state index is -0.232. The molecule has 0 N–H and O–H groups in total. The van der Waals surface area contributed by atoms with Crippen LogP contribution in [0.5, 0.6) is 11.5 Å². The van der Waals surface area contributed by atoms with Crippen LogP contribution in [-0.4, -0.2) is 19.3 Å².